The molecule has 0 fully saturated rings. The fourth-order valence-corrected chi connectivity index (χ4v) is 1.35. The minimum atomic E-state index is 0.0131. The summed E-state index contributed by atoms with van der Waals surface area (Å²) in [5.41, 5.74) is 1.85. The number of hydrogen-bond donors (Lipinski definition) is 4. The zero-order chi connectivity index (χ0) is 11.8. The van der Waals surface area contributed by atoms with E-state index in [1.54, 1.807) is 18.2 Å². The molecule has 1 aromatic rings. The third-order valence-corrected chi connectivity index (χ3v) is 2.03. The van der Waals surface area contributed by atoms with Crippen LogP contribution in [-0.2, 0) is 0 Å². The minimum absolute atomic E-state index is 0.0131. The summed E-state index contributed by atoms with van der Waals surface area (Å²) >= 11 is 0. The first kappa shape index (κ1) is 12.3. The van der Waals surface area contributed by atoms with Gasteiger partial charge in [0.25, 0.3) is 0 Å². The molecule has 16 heavy (non-hydrogen) atoms. The van der Waals surface area contributed by atoms with Crippen LogP contribution in [0, 0.1) is 11.3 Å². The van der Waals surface area contributed by atoms with E-state index in [9.17, 15) is 0 Å². The van der Waals surface area contributed by atoms with Crippen LogP contribution in [0.4, 0.5) is 11.4 Å². The molecular weight excluding hydrogens is 206 g/mol. The highest BCUT2D eigenvalue weighted by atomic mass is 16.3. The van der Waals surface area contributed by atoms with Crippen LogP contribution in [0.2, 0.25) is 0 Å². The highest BCUT2D eigenvalue weighted by molar-refractivity contribution is 5.71. The van der Waals surface area contributed by atoms with E-state index in [0.29, 0.717) is 30.0 Å². The van der Waals surface area contributed by atoms with Gasteiger partial charge in [-0.3, -0.25) is 0 Å². The van der Waals surface area contributed by atoms with Gasteiger partial charge in [-0.2, -0.15) is 5.26 Å². The third kappa shape index (κ3) is 3.12. The Bertz CT molecular complexity index is 348. The van der Waals surface area contributed by atoms with Crippen molar-refractivity contribution in [3.63, 3.8) is 0 Å². The Kier molecular flexibility index (Phi) is 5.12. The lowest BCUT2D eigenvalue weighted by Gasteiger charge is -2.11. The van der Waals surface area contributed by atoms with E-state index in [1.807, 2.05) is 0 Å². The van der Waals surface area contributed by atoms with E-state index in [2.05, 4.69) is 16.7 Å². The number of rotatable bonds is 6. The average Bonchev–Trinajstić information content (AvgIpc) is 2.33. The van der Waals surface area contributed by atoms with Crippen molar-refractivity contribution in [2.24, 2.45) is 0 Å². The predicted octanol–water partition coefficient (Wildman–Crippen LogP) is 0.367. The number of aliphatic hydroxyl groups is 2. The summed E-state index contributed by atoms with van der Waals surface area (Å²) in [6.45, 7) is 0.828. The van der Waals surface area contributed by atoms with Crippen molar-refractivity contribution in [1.82, 2.24) is 0 Å². The van der Waals surface area contributed by atoms with Crippen molar-refractivity contribution >= 4 is 11.4 Å². The summed E-state index contributed by atoms with van der Waals surface area (Å²) < 4.78 is 0. The average molecular weight is 221 g/mol. The molecule has 5 heteroatoms. The fourth-order valence-electron chi connectivity index (χ4n) is 1.35. The maximum Gasteiger partial charge on any atom is 0.104 e. The van der Waals surface area contributed by atoms with Crippen molar-refractivity contribution in [2.75, 3.05) is 36.9 Å². The van der Waals surface area contributed by atoms with Crippen LogP contribution in [-0.4, -0.2) is 36.5 Å². The van der Waals surface area contributed by atoms with Crippen molar-refractivity contribution < 1.29 is 10.2 Å². The molecule has 1 rings (SSSR count). The Labute approximate surface area is 94.3 Å². The van der Waals surface area contributed by atoms with Crippen LogP contribution in [0.1, 0.15) is 5.56 Å². The topological polar surface area (TPSA) is 88.3 Å². The molecule has 0 amide bonds. The largest absolute Gasteiger partial charge is 0.395 e. The highest BCUT2D eigenvalue weighted by Crippen LogP contribution is 2.23. The van der Waals surface area contributed by atoms with E-state index in [1.165, 1.54) is 0 Å². The van der Waals surface area contributed by atoms with Crippen molar-refractivity contribution in [2.45, 2.75) is 0 Å². The summed E-state index contributed by atoms with van der Waals surface area (Å²) in [6, 6.07) is 7.45. The zero-order valence-corrected chi connectivity index (χ0v) is 8.90. The van der Waals surface area contributed by atoms with Gasteiger partial charge in [-0.25, -0.2) is 0 Å². The smallest absolute Gasteiger partial charge is 0.104 e. The molecule has 0 aromatic heterocycles. The first-order valence-corrected chi connectivity index (χ1v) is 5.06. The van der Waals surface area contributed by atoms with E-state index in [-0.39, 0.29) is 13.2 Å². The van der Waals surface area contributed by atoms with Crippen LogP contribution in [0.15, 0.2) is 18.2 Å². The van der Waals surface area contributed by atoms with Gasteiger partial charge in [0.05, 0.1) is 30.2 Å². The summed E-state index contributed by atoms with van der Waals surface area (Å²) in [4.78, 5) is 0. The summed E-state index contributed by atoms with van der Waals surface area (Å²) in [5.74, 6) is 0. The molecule has 4 N–H and O–H groups in total. The first-order valence-electron chi connectivity index (χ1n) is 5.06. The van der Waals surface area contributed by atoms with Crippen molar-refractivity contribution in [3.05, 3.63) is 23.8 Å². The molecule has 0 heterocycles. The molecule has 0 spiro atoms. The quantitative estimate of drug-likeness (QED) is 0.557. The summed E-state index contributed by atoms with van der Waals surface area (Å²) in [5, 5.41) is 32.4. The summed E-state index contributed by atoms with van der Waals surface area (Å²) in [7, 11) is 0. The molecule has 5 nitrogen and oxygen atoms in total. The van der Waals surface area contributed by atoms with E-state index < -0.39 is 0 Å². The highest BCUT2D eigenvalue weighted by Gasteiger charge is 2.06. The predicted molar refractivity (Wildman–Crippen MR) is 62.3 cm³/mol. The molecule has 0 aliphatic carbocycles. The van der Waals surface area contributed by atoms with Crippen LogP contribution in [0.25, 0.3) is 0 Å². The molecule has 0 bridgehead atoms. The lowest BCUT2D eigenvalue weighted by atomic mass is 10.1. The van der Waals surface area contributed by atoms with Crippen molar-refractivity contribution in [1.29, 1.82) is 5.26 Å². The van der Waals surface area contributed by atoms with Crippen LogP contribution in [0.5, 0.6) is 0 Å². The van der Waals surface area contributed by atoms with E-state index in [0.717, 1.165) is 0 Å². The minimum Gasteiger partial charge on any atom is -0.395 e. The monoisotopic (exact) mass is 221 g/mol. The standard InChI is InChI=1S/C11H15N3O2/c12-8-9-10(13-4-6-15)2-1-3-11(9)14-5-7-16/h1-3,13-16H,4-7H2. The molecule has 0 aliphatic heterocycles. The van der Waals surface area contributed by atoms with Gasteiger partial charge < -0.3 is 20.8 Å². The van der Waals surface area contributed by atoms with Gasteiger partial charge in [0.1, 0.15) is 6.07 Å². The molecular formula is C11H15N3O2. The SMILES string of the molecule is N#Cc1c(NCCO)cccc1NCCO. The molecule has 0 atom stereocenters. The molecule has 0 unspecified atom stereocenters. The zero-order valence-electron chi connectivity index (χ0n) is 8.90. The maximum atomic E-state index is 9.04. The second-order valence-electron chi connectivity index (χ2n) is 3.14. The van der Waals surface area contributed by atoms with Gasteiger partial charge in [0.2, 0.25) is 0 Å². The Hall–Kier alpha value is -1.77. The second-order valence-corrected chi connectivity index (χ2v) is 3.14. The van der Waals surface area contributed by atoms with E-state index >= 15 is 0 Å². The maximum absolute atomic E-state index is 9.04. The number of nitrogens with zero attached hydrogens (tertiary/aromatic N) is 1. The van der Waals surface area contributed by atoms with Gasteiger partial charge in [0.15, 0.2) is 0 Å². The Morgan fingerprint density at radius 2 is 1.56 bits per heavy atom. The number of nitriles is 1. The van der Waals surface area contributed by atoms with Gasteiger partial charge in [0, 0.05) is 13.1 Å². The van der Waals surface area contributed by atoms with Crippen LogP contribution >= 0.6 is 0 Å². The molecule has 0 saturated heterocycles. The number of anilines is 2. The number of benzene rings is 1. The molecule has 0 aliphatic rings. The molecule has 0 radical (unpaired) electrons. The number of aliphatic hydroxyl groups excluding tert-OH is 2. The Morgan fingerprint density at radius 1 is 1.06 bits per heavy atom. The Morgan fingerprint density at radius 3 is 1.94 bits per heavy atom. The summed E-state index contributed by atoms with van der Waals surface area (Å²) in [6.07, 6.45) is 0. The number of hydrogen-bond acceptors (Lipinski definition) is 5. The van der Waals surface area contributed by atoms with Crippen LogP contribution in [0.3, 0.4) is 0 Å². The van der Waals surface area contributed by atoms with Crippen LogP contribution < -0.4 is 10.6 Å². The van der Waals surface area contributed by atoms with Crippen molar-refractivity contribution in [3.8, 4) is 6.07 Å². The second kappa shape index (κ2) is 6.67. The normalized spacial score (nSPS) is 9.56. The Balaban J connectivity index is 2.88. The lowest BCUT2D eigenvalue weighted by molar-refractivity contribution is 0.311. The van der Waals surface area contributed by atoms with Gasteiger partial charge in [-0.05, 0) is 12.1 Å². The molecule has 1 aromatic carbocycles. The lowest BCUT2D eigenvalue weighted by Crippen LogP contribution is -2.10. The van der Waals surface area contributed by atoms with E-state index in [4.69, 9.17) is 15.5 Å². The molecule has 86 valence electrons. The molecule has 0 saturated carbocycles. The van der Waals surface area contributed by atoms with Gasteiger partial charge >= 0.3 is 0 Å². The third-order valence-electron chi connectivity index (χ3n) is 2.03. The van der Waals surface area contributed by atoms with Gasteiger partial charge in [-0.1, -0.05) is 6.07 Å². The number of nitrogens with one attached hydrogen (secondary N) is 2. The fraction of sp³-hybridized carbons (Fsp3) is 0.364. The first-order chi connectivity index (χ1) is 7.83. The van der Waals surface area contributed by atoms with Gasteiger partial charge in [-0.15, -0.1) is 0 Å².